The minimum absolute atomic E-state index is 0.0524. The van der Waals surface area contributed by atoms with Gasteiger partial charge in [-0.3, -0.25) is 4.79 Å². The van der Waals surface area contributed by atoms with Crippen LogP contribution in [-0.2, 0) is 4.79 Å². The highest BCUT2D eigenvalue weighted by Gasteiger charge is 2.34. The van der Waals surface area contributed by atoms with E-state index in [-0.39, 0.29) is 23.8 Å². The summed E-state index contributed by atoms with van der Waals surface area (Å²) >= 11 is 0. The van der Waals surface area contributed by atoms with Crippen molar-refractivity contribution < 1.29 is 9.90 Å². The second-order valence-electron chi connectivity index (χ2n) is 6.18. The van der Waals surface area contributed by atoms with Crippen molar-refractivity contribution in [2.24, 2.45) is 17.3 Å². The Kier molecular flexibility index (Phi) is 4.62. The van der Waals surface area contributed by atoms with Crippen molar-refractivity contribution in [1.29, 1.82) is 0 Å². The first-order chi connectivity index (χ1) is 8.67. The molecule has 4 heteroatoms. The van der Waals surface area contributed by atoms with Crippen molar-refractivity contribution in [1.82, 2.24) is 10.6 Å². The molecule has 1 aliphatic carbocycles. The van der Waals surface area contributed by atoms with Crippen LogP contribution in [0.5, 0.6) is 0 Å². The maximum atomic E-state index is 12.1. The number of carbonyl (C=O) groups is 1. The molecule has 1 amide bonds. The smallest absolute Gasteiger partial charge is 0.224 e. The van der Waals surface area contributed by atoms with Crippen molar-refractivity contribution >= 4 is 5.91 Å². The van der Waals surface area contributed by atoms with E-state index in [4.69, 9.17) is 0 Å². The van der Waals surface area contributed by atoms with E-state index in [9.17, 15) is 9.90 Å². The van der Waals surface area contributed by atoms with E-state index in [1.165, 1.54) is 19.3 Å². The van der Waals surface area contributed by atoms with Crippen LogP contribution in [0.2, 0.25) is 0 Å². The van der Waals surface area contributed by atoms with Crippen molar-refractivity contribution in [2.75, 3.05) is 26.2 Å². The average molecular weight is 254 g/mol. The number of hydrogen-bond donors (Lipinski definition) is 3. The Hall–Kier alpha value is -0.610. The summed E-state index contributed by atoms with van der Waals surface area (Å²) in [5.74, 6) is 0.677. The largest absolute Gasteiger partial charge is 0.396 e. The van der Waals surface area contributed by atoms with Crippen LogP contribution < -0.4 is 10.6 Å². The van der Waals surface area contributed by atoms with Crippen molar-refractivity contribution in [2.45, 2.75) is 39.0 Å². The van der Waals surface area contributed by atoms with E-state index in [1.807, 2.05) is 0 Å². The zero-order valence-electron chi connectivity index (χ0n) is 11.4. The fourth-order valence-electron chi connectivity index (χ4n) is 3.26. The van der Waals surface area contributed by atoms with Gasteiger partial charge < -0.3 is 15.7 Å². The van der Waals surface area contributed by atoms with E-state index in [0.29, 0.717) is 12.5 Å². The molecule has 0 aromatic heterocycles. The Labute approximate surface area is 110 Å². The van der Waals surface area contributed by atoms with E-state index >= 15 is 0 Å². The third kappa shape index (κ3) is 3.04. The Morgan fingerprint density at radius 2 is 2.06 bits per heavy atom. The molecule has 4 nitrogen and oxygen atoms in total. The molecule has 3 N–H and O–H groups in total. The van der Waals surface area contributed by atoms with E-state index in [1.54, 1.807) is 0 Å². The number of aliphatic hydroxyl groups is 1. The molecular formula is C14H26N2O2. The van der Waals surface area contributed by atoms with Crippen LogP contribution >= 0.6 is 0 Å². The average Bonchev–Trinajstić information content (AvgIpc) is 2.83. The summed E-state index contributed by atoms with van der Waals surface area (Å²) in [4.78, 5) is 12.1. The minimum atomic E-state index is -0.0524. The van der Waals surface area contributed by atoms with Gasteiger partial charge in [-0.2, -0.15) is 0 Å². The number of nitrogens with one attached hydrogen (secondary N) is 2. The molecule has 1 heterocycles. The molecule has 1 aliphatic heterocycles. The first-order valence-electron chi connectivity index (χ1n) is 7.26. The molecule has 0 unspecified atom stereocenters. The highest BCUT2D eigenvalue weighted by atomic mass is 16.3. The number of hydrogen-bond acceptors (Lipinski definition) is 3. The molecule has 0 radical (unpaired) electrons. The Morgan fingerprint density at radius 3 is 2.61 bits per heavy atom. The molecule has 0 spiro atoms. The number of carbonyl (C=O) groups excluding carboxylic acids is 1. The Balaban J connectivity index is 1.83. The molecule has 2 fully saturated rings. The van der Waals surface area contributed by atoms with Gasteiger partial charge in [-0.05, 0) is 25.3 Å². The molecule has 18 heavy (non-hydrogen) atoms. The lowest BCUT2D eigenvalue weighted by Crippen LogP contribution is -2.44. The summed E-state index contributed by atoms with van der Waals surface area (Å²) in [5, 5.41) is 15.9. The summed E-state index contributed by atoms with van der Waals surface area (Å²) in [6.07, 6.45) is 5.71. The van der Waals surface area contributed by atoms with Crippen LogP contribution in [-0.4, -0.2) is 37.3 Å². The molecule has 0 aromatic carbocycles. The monoisotopic (exact) mass is 254 g/mol. The van der Waals surface area contributed by atoms with Crippen molar-refractivity contribution in [3.05, 3.63) is 0 Å². The molecule has 2 aliphatic rings. The summed E-state index contributed by atoms with van der Waals surface area (Å²) in [7, 11) is 0. The second kappa shape index (κ2) is 6.02. The molecule has 2 atom stereocenters. The SMILES string of the molecule is C[C@@H]1CNC[C@H]1C(=O)NCC1(CO)CCCCC1. The fourth-order valence-corrected chi connectivity index (χ4v) is 3.26. The van der Waals surface area contributed by atoms with Crippen molar-refractivity contribution in [3.8, 4) is 0 Å². The van der Waals surface area contributed by atoms with E-state index < -0.39 is 0 Å². The van der Waals surface area contributed by atoms with Gasteiger partial charge >= 0.3 is 0 Å². The Bertz CT molecular complexity index is 288. The third-order valence-electron chi connectivity index (χ3n) is 4.74. The maximum Gasteiger partial charge on any atom is 0.224 e. The molecule has 104 valence electrons. The number of rotatable bonds is 4. The highest BCUT2D eigenvalue weighted by molar-refractivity contribution is 5.79. The summed E-state index contributed by atoms with van der Waals surface area (Å²) < 4.78 is 0. The topological polar surface area (TPSA) is 61.4 Å². The Morgan fingerprint density at radius 1 is 1.33 bits per heavy atom. The number of amides is 1. The molecular weight excluding hydrogens is 228 g/mol. The van der Waals surface area contributed by atoms with Crippen molar-refractivity contribution in [3.63, 3.8) is 0 Å². The van der Waals surface area contributed by atoms with Gasteiger partial charge in [0.2, 0.25) is 5.91 Å². The normalized spacial score (nSPS) is 31.2. The lowest BCUT2D eigenvalue weighted by molar-refractivity contribution is -0.126. The van der Waals surface area contributed by atoms with Crippen LogP contribution in [0, 0.1) is 17.3 Å². The zero-order chi connectivity index (χ0) is 13.0. The second-order valence-corrected chi connectivity index (χ2v) is 6.18. The maximum absolute atomic E-state index is 12.1. The van der Waals surface area contributed by atoms with E-state index in [0.717, 1.165) is 25.9 Å². The first kappa shape index (κ1) is 13.8. The van der Waals surface area contributed by atoms with Gasteiger partial charge in [0, 0.05) is 18.5 Å². The number of aliphatic hydroxyl groups excluding tert-OH is 1. The van der Waals surface area contributed by atoms with Gasteiger partial charge in [-0.25, -0.2) is 0 Å². The highest BCUT2D eigenvalue weighted by Crippen LogP contribution is 2.35. The summed E-state index contributed by atoms with van der Waals surface area (Å²) in [5.41, 5.74) is -0.0524. The molecule has 1 saturated carbocycles. The predicted molar refractivity (Wildman–Crippen MR) is 71.1 cm³/mol. The van der Waals surface area contributed by atoms with Gasteiger partial charge in [0.25, 0.3) is 0 Å². The van der Waals surface area contributed by atoms with Gasteiger partial charge in [0.15, 0.2) is 0 Å². The van der Waals surface area contributed by atoms with Crippen LogP contribution in [0.3, 0.4) is 0 Å². The lowest BCUT2D eigenvalue weighted by Gasteiger charge is -2.36. The van der Waals surface area contributed by atoms with Gasteiger partial charge in [0.05, 0.1) is 12.5 Å². The zero-order valence-corrected chi connectivity index (χ0v) is 11.4. The predicted octanol–water partition coefficient (Wildman–Crippen LogP) is 0.901. The first-order valence-corrected chi connectivity index (χ1v) is 7.26. The van der Waals surface area contributed by atoms with Gasteiger partial charge in [-0.15, -0.1) is 0 Å². The standard InChI is InChI=1S/C14H26N2O2/c1-11-7-15-8-12(11)13(18)16-9-14(10-17)5-3-2-4-6-14/h11-12,15,17H,2-10H2,1H3,(H,16,18)/t11-,12-/m1/s1. The molecule has 1 saturated heterocycles. The lowest BCUT2D eigenvalue weighted by atomic mass is 9.74. The third-order valence-corrected chi connectivity index (χ3v) is 4.74. The van der Waals surface area contributed by atoms with Crippen LogP contribution in [0.15, 0.2) is 0 Å². The van der Waals surface area contributed by atoms with Crippen LogP contribution in [0.1, 0.15) is 39.0 Å². The summed E-state index contributed by atoms with van der Waals surface area (Å²) in [6.45, 7) is 4.69. The van der Waals surface area contributed by atoms with Gasteiger partial charge in [-0.1, -0.05) is 26.2 Å². The van der Waals surface area contributed by atoms with Crippen LogP contribution in [0.25, 0.3) is 0 Å². The fraction of sp³-hybridized carbons (Fsp3) is 0.929. The molecule has 2 rings (SSSR count). The molecule has 0 bridgehead atoms. The summed E-state index contributed by atoms with van der Waals surface area (Å²) in [6, 6.07) is 0. The minimum Gasteiger partial charge on any atom is -0.396 e. The quantitative estimate of drug-likeness (QED) is 0.698. The van der Waals surface area contributed by atoms with Gasteiger partial charge in [0.1, 0.15) is 0 Å². The van der Waals surface area contributed by atoms with E-state index in [2.05, 4.69) is 17.6 Å². The molecule has 0 aromatic rings. The van der Waals surface area contributed by atoms with Crippen LogP contribution in [0.4, 0.5) is 0 Å².